The van der Waals surface area contributed by atoms with E-state index in [1.54, 1.807) is 28.9 Å². The van der Waals surface area contributed by atoms with Gasteiger partial charge in [-0.2, -0.15) is 5.10 Å². The predicted molar refractivity (Wildman–Crippen MR) is 110 cm³/mol. The Labute approximate surface area is 170 Å². The smallest absolute Gasteiger partial charge is 0.238 e. The van der Waals surface area contributed by atoms with E-state index in [1.807, 2.05) is 31.3 Å². The van der Waals surface area contributed by atoms with Crippen LogP contribution in [0.3, 0.4) is 0 Å². The first-order chi connectivity index (χ1) is 14.2. The Morgan fingerprint density at radius 2 is 1.90 bits per heavy atom. The van der Waals surface area contributed by atoms with Crippen LogP contribution in [0.5, 0.6) is 11.6 Å². The fourth-order valence-electron chi connectivity index (χ4n) is 3.62. The minimum absolute atomic E-state index is 0.0703. The molecule has 2 heterocycles. The summed E-state index contributed by atoms with van der Waals surface area (Å²) in [7, 11) is 0. The molecule has 1 aliphatic carbocycles. The molecule has 1 aromatic carbocycles. The first kappa shape index (κ1) is 19.1. The minimum atomic E-state index is 0.0703. The molecule has 0 atom stereocenters. The Hall–Kier alpha value is -3.22. The lowest BCUT2D eigenvalue weighted by atomic mass is 10.0. The standard InChI is InChI=1S/C22H25N5O2/c1-16-14-15-27(26-16)20-11-13-22(25-24-20)29-19-9-7-18(8-10-19)23-21(28)12-6-17-4-2-3-5-17/h7-11,13-15,17H,2-6,12H2,1H3,(H,23,28). The lowest BCUT2D eigenvalue weighted by Crippen LogP contribution is -2.12. The summed E-state index contributed by atoms with van der Waals surface area (Å²) in [6.07, 6.45) is 8.56. The molecule has 0 spiro atoms. The lowest BCUT2D eigenvalue weighted by Gasteiger charge is -2.10. The quantitative estimate of drug-likeness (QED) is 0.633. The summed E-state index contributed by atoms with van der Waals surface area (Å²) in [5.41, 5.74) is 1.68. The number of carbonyl (C=O) groups is 1. The molecule has 1 fully saturated rings. The van der Waals surface area contributed by atoms with Gasteiger partial charge in [0.15, 0.2) is 5.82 Å². The van der Waals surface area contributed by atoms with Gasteiger partial charge in [-0.25, -0.2) is 4.68 Å². The number of carbonyl (C=O) groups excluding carboxylic acids is 1. The number of rotatable bonds is 7. The van der Waals surface area contributed by atoms with Crippen LogP contribution in [0.1, 0.15) is 44.2 Å². The molecule has 1 amide bonds. The molecular formula is C22H25N5O2. The number of benzene rings is 1. The number of hydrogen-bond donors (Lipinski definition) is 1. The Kier molecular flexibility index (Phi) is 5.84. The van der Waals surface area contributed by atoms with E-state index < -0.39 is 0 Å². The number of ether oxygens (including phenoxy) is 1. The topological polar surface area (TPSA) is 81.9 Å². The van der Waals surface area contributed by atoms with Crippen molar-refractivity contribution >= 4 is 11.6 Å². The van der Waals surface area contributed by atoms with Crippen LogP contribution in [0.2, 0.25) is 0 Å². The fourth-order valence-corrected chi connectivity index (χ4v) is 3.62. The molecule has 2 aromatic heterocycles. The van der Waals surface area contributed by atoms with E-state index in [0.717, 1.165) is 23.7 Å². The Morgan fingerprint density at radius 1 is 1.10 bits per heavy atom. The molecule has 150 valence electrons. The summed E-state index contributed by atoms with van der Waals surface area (Å²) >= 11 is 0. The Bertz CT molecular complexity index is 944. The monoisotopic (exact) mass is 391 g/mol. The molecule has 1 aliphatic rings. The summed E-state index contributed by atoms with van der Waals surface area (Å²) in [6.45, 7) is 1.92. The van der Waals surface area contributed by atoms with E-state index in [0.29, 0.717) is 23.9 Å². The van der Waals surface area contributed by atoms with E-state index in [-0.39, 0.29) is 5.91 Å². The summed E-state index contributed by atoms with van der Waals surface area (Å²) in [4.78, 5) is 12.1. The second-order valence-electron chi connectivity index (χ2n) is 7.50. The van der Waals surface area contributed by atoms with Gasteiger partial charge in [0.25, 0.3) is 0 Å². The third kappa shape index (κ3) is 5.19. The average Bonchev–Trinajstić information content (AvgIpc) is 3.40. The van der Waals surface area contributed by atoms with Gasteiger partial charge in [0.2, 0.25) is 11.8 Å². The molecule has 1 N–H and O–H groups in total. The number of hydrogen-bond acceptors (Lipinski definition) is 5. The number of amides is 1. The molecule has 0 radical (unpaired) electrons. The molecular weight excluding hydrogens is 366 g/mol. The molecule has 1 saturated carbocycles. The molecule has 0 bridgehead atoms. The Morgan fingerprint density at radius 3 is 2.55 bits per heavy atom. The van der Waals surface area contributed by atoms with Gasteiger partial charge >= 0.3 is 0 Å². The molecule has 7 heteroatoms. The van der Waals surface area contributed by atoms with Crippen molar-refractivity contribution < 1.29 is 9.53 Å². The zero-order valence-corrected chi connectivity index (χ0v) is 16.5. The van der Waals surface area contributed by atoms with Crippen molar-refractivity contribution in [2.24, 2.45) is 5.92 Å². The maximum Gasteiger partial charge on any atom is 0.238 e. The number of nitrogens with one attached hydrogen (secondary N) is 1. The van der Waals surface area contributed by atoms with Gasteiger partial charge in [-0.3, -0.25) is 4.79 Å². The van der Waals surface area contributed by atoms with E-state index >= 15 is 0 Å². The van der Waals surface area contributed by atoms with Gasteiger partial charge in [0, 0.05) is 24.4 Å². The fraction of sp³-hybridized carbons (Fsp3) is 0.364. The highest BCUT2D eigenvalue weighted by atomic mass is 16.5. The van der Waals surface area contributed by atoms with Gasteiger partial charge in [-0.05, 0) is 55.7 Å². The van der Waals surface area contributed by atoms with Crippen LogP contribution in [-0.4, -0.2) is 25.9 Å². The van der Waals surface area contributed by atoms with Crippen molar-refractivity contribution in [3.8, 4) is 17.4 Å². The summed E-state index contributed by atoms with van der Waals surface area (Å²) in [6, 6.07) is 12.7. The minimum Gasteiger partial charge on any atom is -0.438 e. The average molecular weight is 391 g/mol. The Balaban J connectivity index is 1.29. The summed E-state index contributed by atoms with van der Waals surface area (Å²) < 4.78 is 7.40. The van der Waals surface area contributed by atoms with Crippen LogP contribution in [0.4, 0.5) is 5.69 Å². The van der Waals surface area contributed by atoms with E-state index in [1.165, 1.54) is 25.7 Å². The normalized spacial score (nSPS) is 14.1. The van der Waals surface area contributed by atoms with Gasteiger partial charge in [0.05, 0.1) is 5.69 Å². The SMILES string of the molecule is Cc1ccn(-c2ccc(Oc3ccc(NC(=O)CCC4CCCC4)cc3)nn2)n1. The van der Waals surface area contributed by atoms with Gasteiger partial charge < -0.3 is 10.1 Å². The largest absolute Gasteiger partial charge is 0.438 e. The molecule has 0 aliphatic heterocycles. The van der Waals surface area contributed by atoms with Crippen LogP contribution in [-0.2, 0) is 4.79 Å². The van der Waals surface area contributed by atoms with Crippen molar-refractivity contribution in [1.29, 1.82) is 0 Å². The molecule has 4 rings (SSSR count). The van der Waals surface area contributed by atoms with Crippen molar-refractivity contribution in [2.45, 2.75) is 45.4 Å². The molecule has 3 aromatic rings. The highest BCUT2D eigenvalue weighted by molar-refractivity contribution is 5.90. The number of nitrogens with zero attached hydrogens (tertiary/aromatic N) is 4. The second kappa shape index (κ2) is 8.86. The highest BCUT2D eigenvalue weighted by Crippen LogP contribution is 2.28. The van der Waals surface area contributed by atoms with Crippen molar-refractivity contribution in [3.63, 3.8) is 0 Å². The first-order valence-corrected chi connectivity index (χ1v) is 10.1. The molecule has 7 nitrogen and oxygen atoms in total. The lowest BCUT2D eigenvalue weighted by molar-refractivity contribution is -0.116. The number of aryl methyl sites for hydroxylation is 1. The zero-order valence-electron chi connectivity index (χ0n) is 16.5. The molecule has 0 saturated heterocycles. The van der Waals surface area contributed by atoms with Gasteiger partial charge in [-0.1, -0.05) is 25.7 Å². The predicted octanol–water partition coefficient (Wildman–Crippen LogP) is 4.67. The van der Waals surface area contributed by atoms with Crippen LogP contribution in [0.25, 0.3) is 5.82 Å². The third-order valence-corrected chi connectivity index (χ3v) is 5.20. The second-order valence-corrected chi connectivity index (χ2v) is 7.50. The van der Waals surface area contributed by atoms with Crippen molar-refractivity contribution in [1.82, 2.24) is 20.0 Å². The van der Waals surface area contributed by atoms with Gasteiger partial charge in [0.1, 0.15) is 5.75 Å². The highest BCUT2D eigenvalue weighted by Gasteiger charge is 2.16. The maximum atomic E-state index is 12.1. The first-order valence-electron chi connectivity index (χ1n) is 10.1. The van der Waals surface area contributed by atoms with Gasteiger partial charge in [-0.15, -0.1) is 10.2 Å². The van der Waals surface area contributed by atoms with Crippen LogP contribution in [0.15, 0.2) is 48.7 Å². The molecule has 29 heavy (non-hydrogen) atoms. The zero-order chi connectivity index (χ0) is 20.1. The third-order valence-electron chi connectivity index (χ3n) is 5.20. The molecule has 0 unspecified atom stereocenters. The van der Waals surface area contributed by atoms with Crippen LogP contribution >= 0.6 is 0 Å². The van der Waals surface area contributed by atoms with Crippen LogP contribution < -0.4 is 10.1 Å². The van der Waals surface area contributed by atoms with Crippen molar-refractivity contribution in [2.75, 3.05) is 5.32 Å². The summed E-state index contributed by atoms with van der Waals surface area (Å²) in [5, 5.41) is 15.5. The maximum absolute atomic E-state index is 12.1. The van der Waals surface area contributed by atoms with Crippen LogP contribution in [0, 0.1) is 12.8 Å². The van der Waals surface area contributed by atoms with E-state index in [4.69, 9.17) is 4.74 Å². The van der Waals surface area contributed by atoms with Crippen molar-refractivity contribution in [3.05, 3.63) is 54.4 Å². The number of anilines is 1. The van der Waals surface area contributed by atoms with E-state index in [9.17, 15) is 4.79 Å². The number of aromatic nitrogens is 4. The summed E-state index contributed by atoms with van der Waals surface area (Å²) in [5.74, 6) is 2.44. The van der Waals surface area contributed by atoms with E-state index in [2.05, 4.69) is 20.6 Å².